The van der Waals surface area contributed by atoms with E-state index in [1.54, 1.807) is 11.3 Å². The van der Waals surface area contributed by atoms with E-state index in [0.29, 0.717) is 23.4 Å². The molecule has 1 aliphatic rings. The maximum atomic E-state index is 5.20. The van der Waals surface area contributed by atoms with Gasteiger partial charge < -0.3 is 4.57 Å². The molecule has 3 heterocycles. The van der Waals surface area contributed by atoms with Crippen LogP contribution in [0.5, 0.6) is 0 Å². The molecule has 3 aromatic heterocycles. The summed E-state index contributed by atoms with van der Waals surface area (Å²) in [6, 6.07) is 51.4. The molecule has 4 nitrogen and oxygen atoms in total. The zero-order chi connectivity index (χ0) is 33.9. The summed E-state index contributed by atoms with van der Waals surface area (Å²) in [7, 11) is 0. The van der Waals surface area contributed by atoms with Crippen LogP contribution in [0.1, 0.15) is 18.4 Å². The fourth-order valence-corrected chi connectivity index (χ4v) is 8.87. The van der Waals surface area contributed by atoms with E-state index in [1.807, 2.05) is 18.2 Å². The monoisotopic (exact) mass is 672 g/mol. The van der Waals surface area contributed by atoms with Gasteiger partial charge >= 0.3 is 0 Å². The number of allylic oxidation sites excluding steroid dienone is 4. The van der Waals surface area contributed by atoms with Crippen LogP contribution in [0.25, 0.3) is 81.8 Å². The summed E-state index contributed by atoms with van der Waals surface area (Å²) in [5.41, 5.74) is 7.82. The lowest BCUT2D eigenvalue weighted by molar-refractivity contribution is 0.635. The number of hydrogen-bond donors (Lipinski definition) is 0. The predicted octanol–water partition coefficient (Wildman–Crippen LogP) is 12.2. The molecule has 0 aliphatic heterocycles. The molecule has 2 atom stereocenters. The van der Waals surface area contributed by atoms with E-state index >= 15 is 0 Å². The predicted molar refractivity (Wildman–Crippen MR) is 214 cm³/mol. The molecule has 0 bridgehead atoms. The summed E-state index contributed by atoms with van der Waals surface area (Å²) in [4.78, 5) is 15.4. The highest BCUT2D eigenvalue weighted by Gasteiger charge is 2.23. The van der Waals surface area contributed by atoms with Crippen molar-refractivity contribution in [3.05, 3.63) is 169 Å². The van der Waals surface area contributed by atoms with E-state index in [2.05, 4.69) is 157 Å². The van der Waals surface area contributed by atoms with Crippen molar-refractivity contribution in [2.24, 2.45) is 5.92 Å². The molecule has 1 aliphatic carbocycles. The fraction of sp³-hybridized carbons (Fsp3) is 0.0652. The first-order valence-electron chi connectivity index (χ1n) is 17.4. The molecular formula is C46H32N4S. The minimum absolute atomic E-state index is 0.173. The van der Waals surface area contributed by atoms with Crippen molar-refractivity contribution in [2.75, 3.05) is 0 Å². The van der Waals surface area contributed by atoms with Crippen molar-refractivity contribution in [3.63, 3.8) is 0 Å². The van der Waals surface area contributed by atoms with Crippen LogP contribution in [0.4, 0.5) is 0 Å². The highest BCUT2D eigenvalue weighted by atomic mass is 32.1. The van der Waals surface area contributed by atoms with E-state index in [0.717, 1.165) is 16.7 Å². The molecule has 0 spiro atoms. The maximum Gasteiger partial charge on any atom is 0.165 e. The molecule has 0 N–H and O–H groups in total. The first-order valence-corrected chi connectivity index (χ1v) is 18.2. The number of hydrogen-bond acceptors (Lipinski definition) is 4. The molecule has 6 aromatic carbocycles. The zero-order valence-electron chi connectivity index (χ0n) is 27.9. The van der Waals surface area contributed by atoms with Gasteiger partial charge in [0.25, 0.3) is 0 Å². The van der Waals surface area contributed by atoms with Gasteiger partial charge in [-0.2, -0.15) is 0 Å². The van der Waals surface area contributed by atoms with E-state index in [1.165, 1.54) is 53.2 Å². The standard InChI is InChI=1S/C46H32N4S/c1-29-25-26-33(50-40-22-8-5-17-34(40)35-18-6-9-23-41(35)50)28-39(29)31-15-11-16-32(27-31)45-47-44(30-13-3-2-4-14-30)48-46(49-45)38-21-12-20-37-36-19-7-10-24-42(36)51-43(37)38/h2-29,39H,1H3. The van der Waals surface area contributed by atoms with Crippen LogP contribution < -0.4 is 0 Å². The average Bonchev–Trinajstić information content (AvgIpc) is 3.74. The lowest BCUT2D eigenvalue weighted by atomic mass is 9.82. The van der Waals surface area contributed by atoms with Crippen molar-refractivity contribution in [2.45, 2.75) is 12.8 Å². The Morgan fingerprint density at radius 3 is 1.94 bits per heavy atom. The lowest BCUT2D eigenvalue weighted by Crippen LogP contribution is -2.11. The topological polar surface area (TPSA) is 43.6 Å². The molecule has 0 radical (unpaired) electrons. The minimum atomic E-state index is 0.173. The van der Waals surface area contributed by atoms with Crippen LogP contribution in [0.2, 0.25) is 0 Å². The van der Waals surface area contributed by atoms with Crippen LogP contribution in [-0.2, 0) is 0 Å². The molecule has 0 saturated carbocycles. The van der Waals surface area contributed by atoms with Crippen LogP contribution in [0.15, 0.2) is 164 Å². The molecule has 0 fully saturated rings. The van der Waals surface area contributed by atoms with Gasteiger partial charge in [0, 0.05) is 59.3 Å². The number of para-hydroxylation sites is 2. The Labute approximate surface area is 299 Å². The van der Waals surface area contributed by atoms with Gasteiger partial charge in [-0.3, -0.25) is 0 Å². The molecule has 5 heteroatoms. The van der Waals surface area contributed by atoms with Gasteiger partial charge in [-0.15, -0.1) is 11.3 Å². The zero-order valence-corrected chi connectivity index (χ0v) is 28.8. The third-order valence-electron chi connectivity index (χ3n) is 10.2. The molecule has 9 aromatic rings. The number of thiophene rings is 1. The SMILES string of the molecule is CC1C=CC(n2c3ccccc3c3ccccc32)=CC1c1cccc(-c2nc(-c3ccccc3)nc(-c3cccc4c3sc3ccccc34)n2)c1. The van der Waals surface area contributed by atoms with E-state index in [4.69, 9.17) is 15.0 Å². The lowest BCUT2D eigenvalue weighted by Gasteiger charge is -2.25. The quantitative estimate of drug-likeness (QED) is 0.183. The Morgan fingerprint density at radius 1 is 0.549 bits per heavy atom. The van der Waals surface area contributed by atoms with E-state index in [-0.39, 0.29) is 5.92 Å². The van der Waals surface area contributed by atoms with Gasteiger partial charge in [0.1, 0.15) is 0 Å². The maximum absolute atomic E-state index is 5.20. The van der Waals surface area contributed by atoms with Crippen LogP contribution in [-0.4, -0.2) is 19.5 Å². The summed E-state index contributed by atoms with van der Waals surface area (Å²) in [6.07, 6.45) is 7.05. The highest BCUT2D eigenvalue weighted by Crippen LogP contribution is 2.41. The number of fused-ring (bicyclic) bond motifs is 6. The molecule has 242 valence electrons. The number of benzene rings is 6. The Bertz CT molecular complexity index is 2790. The van der Waals surface area contributed by atoms with Gasteiger partial charge in [0.2, 0.25) is 0 Å². The second kappa shape index (κ2) is 12.0. The summed E-state index contributed by atoms with van der Waals surface area (Å²) in [5, 5.41) is 5.02. The first-order chi connectivity index (χ1) is 25.2. The van der Waals surface area contributed by atoms with Crippen LogP contribution in [0.3, 0.4) is 0 Å². The molecule has 10 rings (SSSR count). The number of aromatic nitrogens is 4. The Balaban J connectivity index is 1.11. The Morgan fingerprint density at radius 2 is 1.16 bits per heavy atom. The number of nitrogens with zero attached hydrogens (tertiary/aromatic N) is 4. The van der Waals surface area contributed by atoms with Gasteiger partial charge in [-0.1, -0.05) is 134 Å². The summed E-state index contributed by atoms with van der Waals surface area (Å²) in [6.45, 7) is 2.30. The van der Waals surface area contributed by atoms with E-state index < -0.39 is 0 Å². The number of rotatable bonds is 5. The van der Waals surface area contributed by atoms with E-state index in [9.17, 15) is 0 Å². The minimum Gasteiger partial charge on any atom is -0.310 e. The van der Waals surface area contributed by atoms with Crippen molar-refractivity contribution < 1.29 is 0 Å². The third-order valence-corrected chi connectivity index (χ3v) is 11.4. The highest BCUT2D eigenvalue weighted by molar-refractivity contribution is 7.26. The van der Waals surface area contributed by atoms with Crippen LogP contribution in [0, 0.1) is 5.92 Å². The summed E-state index contributed by atoms with van der Waals surface area (Å²) >= 11 is 1.79. The van der Waals surface area contributed by atoms with Crippen molar-refractivity contribution in [1.29, 1.82) is 0 Å². The normalized spacial score (nSPS) is 16.0. The van der Waals surface area contributed by atoms with Crippen molar-refractivity contribution in [1.82, 2.24) is 19.5 Å². The average molecular weight is 673 g/mol. The molecule has 0 saturated heterocycles. The first kappa shape index (κ1) is 29.7. The van der Waals surface area contributed by atoms with Gasteiger partial charge in [-0.05, 0) is 47.9 Å². The van der Waals surface area contributed by atoms with Crippen LogP contribution >= 0.6 is 11.3 Å². The van der Waals surface area contributed by atoms with Gasteiger partial charge in [-0.25, -0.2) is 15.0 Å². The Hall–Kier alpha value is -6.17. The largest absolute Gasteiger partial charge is 0.310 e. The molecule has 0 amide bonds. The second-order valence-corrected chi connectivity index (χ2v) is 14.3. The smallest absolute Gasteiger partial charge is 0.165 e. The van der Waals surface area contributed by atoms with Crippen molar-refractivity contribution >= 4 is 59.0 Å². The Kier molecular flexibility index (Phi) is 7.00. The summed E-state index contributed by atoms with van der Waals surface area (Å²) < 4.78 is 4.85. The second-order valence-electron chi connectivity index (χ2n) is 13.3. The fourth-order valence-electron chi connectivity index (χ4n) is 7.66. The molecular weight excluding hydrogens is 641 g/mol. The van der Waals surface area contributed by atoms with Gasteiger partial charge in [0.15, 0.2) is 17.5 Å². The third kappa shape index (κ3) is 5.00. The molecule has 51 heavy (non-hydrogen) atoms. The van der Waals surface area contributed by atoms with Crippen molar-refractivity contribution in [3.8, 4) is 34.2 Å². The molecule has 2 unspecified atom stereocenters. The summed E-state index contributed by atoms with van der Waals surface area (Å²) in [5.74, 6) is 2.51. The van der Waals surface area contributed by atoms with Gasteiger partial charge in [0.05, 0.1) is 11.0 Å².